The lowest BCUT2D eigenvalue weighted by Gasteiger charge is -2.08. The Labute approximate surface area is 140 Å². The van der Waals surface area contributed by atoms with Crippen LogP contribution in [0.1, 0.15) is 26.1 Å². The average Bonchev–Trinajstić information content (AvgIpc) is 3.10. The molecule has 0 bridgehead atoms. The van der Waals surface area contributed by atoms with Crippen molar-refractivity contribution in [3.8, 4) is 11.4 Å². The lowest BCUT2D eigenvalue weighted by Crippen LogP contribution is -2.00. The molecule has 0 spiro atoms. The molecule has 1 heterocycles. The molecular weight excluding hydrogens is 302 g/mol. The average molecular weight is 321 g/mol. The number of nitrogens with zero attached hydrogens (tertiary/aromatic N) is 5. The second-order valence-electron chi connectivity index (χ2n) is 5.16. The Kier molecular flexibility index (Phi) is 4.65. The van der Waals surface area contributed by atoms with Gasteiger partial charge in [0, 0.05) is 17.7 Å². The Balaban J connectivity index is 2.07. The van der Waals surface area contributed by atoms with Gasteiger partial charge in [0.2, 0.25) is 5.82 Å². The molecule has 0 N–H and O–H groups in total. The van der Waals surface area contributed by atoms with E-state index in [4.69, 9.17) is 4.74 Å². The van der Waals surface area contributed by atoms with Gasteiger partial charge in [-0.05, 0) is 30.0 Å². The van der Waals surface area contributed by atoms with E-state index in [1.807, 2.05) is 56.3 Å². The summed E-state index contributed by atoms with van der Waals surface area (Å²) in [6.07, 6.45) is 4.55. The maximum absolute atomic E-state index is 5.50. The molecule has 0 saturated heterocycles. The number of rotatable bonds is 5. The van der Waals surface area contributed by atoms with Gasteiger partial charge in [-0.3, -0.25) is 4.99 Å². The molecule has 2 aromatic carbocycles. The van der Waals surface area contributed by atoms with Crippen LogP contribution in [-0.2, 0) is 0 Å². The van der Waals surface area contributed by atoms with Crippen molar-refractivity contribution in [2.45, 2.75) is 20.3 Å². The Bertz CT molecular complexity index is 911. The number of hydrogen-bond donors (Lipinski definition) is 0. The Hall–Kier alpha value is -3.02. The van der Waals surface area contributed by atoms with Crippen LogP contribution in [0.4, 0.5) is 0 Å². The van der Waals surface area contributed by atoms with Crippen molar-refractivity contribution in [3.05, 3.63) is 48.3 Å². The number of allylic oxidation sites excluding steroid dienone is 1. The predicted molar refractivity (Wildman–Crippen MR) is 95.6 cm³/mol. The van der Waals surface area contributed by atoms with Crippen LogP contribution in [0.5, 0.6) is 5.75 Å². The van der Waals surface area contributed by atoms with Crippen molar-refractivity contribution < 1.29 is 4.74 Å². The highest BCUT2D eigenvalue weighted by molar-refractivity contribution is 5.90. The van der Waals surface area contributed by atoms with E-state index in [0.717, 1.165) is 34.3 Å². The van der Waals surface area contributed by atoms with Crippen molar-refractivity contribution in [1.82, 2.24) is 20.2 Å². The maximum Gasteiger partial charge on any atom is 0.223 e. The van der Waals surface area contributed by atoms with Crippen LogP contribution in [0, 0.1) is 0 Å². The van der Waals surface area contributed by atoms with Gasteiger partial charge in [0.05, 0.1) is 12.8 Å². The number of fused-ring (bicyclic) bond motifs is 1. The number of methoxy groups -OCH3 is 1. The minimum atomic E-state index is 0.502. The van der Waals surface area contributed by atoms with E-state index in [9.17, 15) is 0 Å². The lowest BCUT2D eigenvalue weighted by atomic mass is 10.1. The summed E-state index contributed by atoms with van der Waals surface area (Å²) in [7, 11) is 1.66. The number of ether oxygens (including phenoxy) is 1. The molecule has 24 heavy (non-hydrogen) atoms. The van der Waals surface area contributed by atoms with Gasteiger partial charge in [-0.2, -0.15) is 0 Å². The second kappa shape index (κ2) is 7.04. The number of benzene rings is 2. The number of aliphatic imine (C=N–C) groups is 1. The van der Waals surface area contributed by atoms with Crippen molar-refractivity contribution >= 4 is 22.7 Å². The summed E-state index contributed by atoms with van der Waals surface area (Å²) in [6.45, 7) is 3.91. The van der Waals surface area contributed by atoms with Gasteiger partial charge in [-0.25, -0.2) is 0 Å². The van der Waals surface area contributed by atoms with Gasteiger partial charge in [0.25, 0.3) is 0 Å². The smallest absolute Gasteiger partial charge is 0.223 e. The van der Waals surface area contributed by atoms with E-state index in [0.29, 0.717) is 5.82 Å². The molecule has 122 valence electrons. The summed E-state index contributed by atoms with van der Waals surface area (Å²) in [5.74, 6) is 1.28. The second-order valence-corrected chi connectivity index (χ2v) is 5.16. The third kappa shape index (κ3) is 3.03. The number of aromatic nitrogens is 4. The van der Waals surface area contributed by atoms with E-state index in [1.165, 1.54) is 4.80 Å². The monoisotopic (exact) mass is 321 g/mol. The number of tetrazole rings is 1. The van der Waals surface area contributed by atoms with Gasteiger partial charge >= 0.3 is 0 Å². The molecule has 0 aliphatic carbocycles. The minimum absolute atomic E-state index is 0.502. The molecule has 0 saturated carbocycles. The fourth-order valence-electron chi connectivity index (χ4n) is 2.51. The molecule has 3 rings (SSSR count). The molecule has 0 fully saturated rings. The van der Waals surface area contributed by atoms with Crippen LogP contribution in [0.2, 0.25) is 0 Å². The highest BCUT2D eigenvalue weighted by Crippen LogP contribution is 2.28. The summed E-state index contributed by atoms with van der Waals surface area (Å²) >= 11 is 0. The van der Waals surface area contributed by atoms with Crippen LogP contribution < -0.4 is 4.74 Å². The van der Waals surface area contributed by atoms with Crippen LogP contribution >= 0.6 is 0 Å². The summed E-state index contributed by atoms with van der Waals surface area (Å²) in [5, 5.41) is 14.8. The molecule has 6 heteroatoms. The first-order valence-corrected chi connectivity index (χ1v) is 7.83. The zero-order chi connectivity index (χ0) is 16.9. The summed E-state index contributed by atoms with van der Waals surface area (Å²) in [6, 6.07) is 11.9. The van der Waals surface area contributed by atoms with Crippen molar-refractivity contribution in [3.63, 3.8) is 0 Å². The van der Waals surface area contributed by atoms with Gasteiger partial charge in [0.1, 0.15) is 11.4 Å². The topological polar surface area (TPSA) is 65.2 Å². The molecule has 1 aromatic heterocycles. The van der Waals surface area contributed by atoms with Gasteiger partial charge in [-0.1, -0.05) is 37.3 Å². The molecule has 0 aliphatic heterocycles. The van der Waals surface area contributed by atoms with Crippen LogP contribution in [0.25, 0.3) is 22.2 Å². The van der Waals surface area contributed by atoms with Gasteiger partial charge in [0.15, 0.2) is 0 Å². The summed E-state index contributed by atoms with van der Waals surface area (Å²) in [4.78, 5) is 5.81. The quantitative estimate of drug-likeness (QED) is 0.673. The SMILES string of the molecule is CC=N/C(=C\CC)c1nnn(-c2cc(OC)c3ccccc3c2)n1. The largest absolute Gasteiger partial charge is 0.496 e. The number of hydrogen-bond acceptors (Lipinski definition) is 5. The van der Waals surface area contributed by atoms with E-state index in [-0.39, 0.29) is 0 Å². The Morgan fingerprint density at radius 2 is 2.12 bits per heavy atom. The third-order valence-electron chi connectivity index (χ3n) is 3.57. The maximum atomic E-state index is 5.50. The fourth-order valence-corrected chi connectivity index (χ4v) is 2.51. The van der Waals surface area contributed by atoms with E-state index in [1.54, 1.807) is 13.3 Å². The van der Waals surface area contributed by atoms with Crippen molar-refractivity contribution in [1.29, 1.82) is 0 Å². The van der Waals surface area contributed by atoms with Crippen molar-refractivity contribution in [2.75, 3.05) is 7.11 Å². The van der Waals surface area contributed by atoms with Gasteiger partial charge in [-0.15, -0.1) is 15.0 Å². The third-order valence-corrected chi connectivity index (χ3v) is 3.57. The predicted octanol–water partition coefficient (Wildman–Crippen LogP) is 3.67. The van der Waals surface area contributed by atoms with Crippen molar-refractivity contribution in [2.24, 2.45) is 4.99 Å². The van der Waals surface area contributed by atoms with Gasteiger partial charge < -0.3 is 4.74 Å². The first-order chi connectivity index (χ1) is 11.8. The molecule has 0 aliphatic rings. The fraction of sp³-hybridized carbons (Fsp3) is 0.222. The molecule has 0 unspecified atom stereocenters. The first kappa shape index (κ1) is 15.9. The van der Waals surface area contributed by atoms with Crippen LogP contribution in [0.15, 0.2) is 47.5 Å². The Morgan fingerprint density at radius 1 is 1.29 bits per heavy atom. The zero-order valence-corrected chi connectivity index (χ0v) is 14.0. The van der Waals surface area contributed by atoms with E-state index < -0.39 is 0 Å². The lowest BCUT2D eigenvalue weighted by molar-refractivity contribution is 0.419. The standard InChI is InChI=1S/C18H19N5O/c1-4-8-16(19-5-2)18-20-22-23(21-18)14-11-13-9-6-7-10-15(13)17(12-14)24-3/h5-12H,4H2,1-3H3/b16-8-,19-5?. The summed E-state index contributed by atoms with van der Waals surface area (Å²) in [5.41, 5.74) is 1.51. The molecule has 0 amide bonds. The molecule has 3 aromatic rings. The molecule has 6 nitrogen and oxygen atoms in total. The van der Waals surface area contributed by atoms with Crippen LogP contribution in [-0.4, -0.2) is 33.5 Å². The highest BCUT2D eigenvalue weighted by atomic mass is 16.5. The van der Waals surface area contributed by atoms with Crippen LogP contribution in [0.3, 0.4) is 0 Å². The van der Waals surface area contributed by atoms with E-state index >= 15 is 0 Å². The highest BCUT2D eigenvalue weighted by Gasteiger charge is 2.11. The summed E-state index contributed by atoms with van der Waals surface area (Å²) < 4.78 is 5.50. The molecule has 0 atom stereocenters. The minimum Gasteiger partial charge on any atom is -0.496 e. The normalized spacial score (nSPS) is 12.2. The first-order valence-electron chi connectivity index (χ1n) is 7.83. The zero-order valence-electron chi connectivity index (χ0n) is 14.0. The molecule has 0 radical (unpaired) electrons. The molecular formula is C18H19N5O. The van der Waals surface area contributed by atoms with E-state index in [2.05, 4.69) is 20.4 Å². The Morgan fingerprint density at radius 3 is 2.88 bits per heavy atom.